The van der Waals surface area contributed by atoms with E-state index < -0.39 is 10.9 Å². The van der Waals surface area contributed by atoms with Crippen LogP contribution >= 0.6 is 0 Å². The Hall–Kier alpha value is -2.86. The molecule has 0 saturated carbocycles. The number of hydrogen-bond donors (Lipinski definition) is 0. The Morgan fingerprint density at radius 1 is 1.55 bits per heavy atom. The smallest absolute Gasteiger partial charge is 0.333 e. The van der Waals surface area contributed by atoms with Crippen LogP contribution in [0.25, 0.3) is 10.4 Å². The molecule has 0 aliphatic heterocycles. The van der Waals surface area contributed by atoms with E-state index in [1.807, 2.05) is 0 Å². The first kappa shape index (κ1) is 15.2. The van der Waals surface area contributed by atoms with Crippen molar-refractivity contribution in [3.05, 3.63) is 62.0 Å². The van der Waals surface area contributed by atoms with Crippen LogP contribution < -0.4 is 0 Å². The summed E-state index contributed by atoms with van der Waals surface area (Å²) in [6, 6.07) is 6.21. The first-order valence-corrected chi connectivity index (χ1v) is 5.60. The van der Waals surface area contributed by atoms with Gasteiger partial charge in [0.25, 0.3) is 5.69 Å². The van der Waals surface area contributed by atoms with Crippen LogP contribution in [0.2, 0.25) is 0 Å². The third-order valence-electron chi connectivity index (χ3n) is 2.51. The standard InChI is InChI=1S/C12H12N4O4/c1-20-12(17)10(8-14-15-13)7-6-9-4-2-3-5-11(9)16(18)19/h2-5,7H,6,8H2,1H3/b10-7+. The molecule has 0 fully saturated rings. The molecular weight excluding hydrogens is 264 g/mol. The van der Waals surface area contributed by atoms with Crippen LogP contribution in [0.4, 0.5) is 5.69 Å². The lowest BCUT2D eigenvalue weighted by molar-refractivity contribution is -0.385. The van der Waals surface area contributed by atoms with E-state index in [1.165, 1.54) is 19.3 Å². The normalized spacial score (nSPS) is 10.6. The Morgan fingerprint density at radius 2 is 2.25 bits per heavy atom. The van der Waals surface area contributed by atoms with Crippen molar-refractivity contribution < 1.29 is 14.5 Å². The number of allylic oxidation sites excluding steroid dienone is 1. The number of esters is 1. The number of para-hydroxylation sites is 1. The number of carbonyl (C=O) groups is 1. The van der Waals surface area contributed by atoms with Gasteiger partial charge in [-0.1, -0.05) is 29.4 Å². The van der Waals surface area contributed by atoms with Gasteiger partial charge in [-0.2, -0.15) is 0 Å². The number of ether oxygens (including phenoxy) is 1. The van der Waals surface area contributed by atoms with Crippen LogP contribution in [-0.2, 0) is 16.0 Å². The topological polar surface area (TPSA) is 118 Å². The van der Waals surface area contributed by atoms with Crippen LogP contribution in [0.1, 0.15) is 5.56 Å². The van der Waals surface area contributed by atoms with Crippen LogP contribution in [0.5, 0.6) is 0 Å². The third-order valence-corrected chi connectivity index (χ3v) is 2.51. The van der Waals surface area contributed by atoms with E-state index in [9.17, 15) is 14.9 Å². The molecule has 0 heterocycles. The highest BCUT2D eigenvalue weighted by molar-refractivity contribution is 5.88. The van der Waals surface area contributed by atoms with Gasteiger partial charge in [0.1, 0.15) is 0 Å². The average molecular weight is 276 g/mol. The number of methoxy groups -OCH3 is 1. The molecule has 1 rings (SSSR count). The summed E-state index contributed by atoms with van der Waals surface area (Å²) in [5.41, 5.74) is 8.84. The van der Waals surface area contributed by atoms with Crippen molar-refractivity contribution in [2.24, 2.45) is 5.11 Å². The monoisotopic (exact) mass is 276 g/mol. The lowest BCUT2D eigenvalue weighted by Crippen LogP contribution is -2.08. The number of carbonyl (C=O) groups excluding carboxylic acids is 1. The van der Waals surface area contributed by atoms with Crippen LogP contribution in [0.15, 0.2) is 41.0 Å². The third kappa shape index (κ3) is 4.11. The van der Waals surface area contributed by atoms with Gasteiger partial charge in [0.15, 0.2) is 0 Å². The summed E-state index contributed by atoms with van der Waals surface area (Å²) >= 11 is 0. The molecule has 0 atom stereocenters. The van der Waals surface area contributed by atoms with Gasteiger partial charge in [-0.25, -0.2) is 4.79 Å². The van der Waals surface area contributed by atoms with Crippen LogP contribution in [-0.4, -0.2) is 24.5 Å². The highest BCUT2D eigenvalue weighted by Crippen LogP contribution is 2.19. The van der Waals surface area contributed by atoms with Crippen molar-refractivity contribution in [1.29, 1.82) is 0 Å². The van der Waals surface area contributed by atoms with Crippen molar-refractivity contribution >= 4 is 11.7 Å². The second kappa shape index (κ2) is 7.55. The molecule has 1 aromatic carbocycles. The van der Waals surface area contributed by atoms with Gasteiger partial charge in [0.2, 0.25) is 0 Å². The molecule has 104 valence electrons. The number of rotatable bonds is 6. The Labute approximate surface area is 114 Å². The molecule has 0 amide bonds. The number of nitro benzene ring substituents is 1. The number of hydrogen-bond acceptors (Lipinski definition) is 5. The fourth-order valence-corrected chi connectivity index (χ4v) is 1.55. The number of nitro groups is 1. The second-order valence-corrected chi connectivity index (χ2v) is 3.70. The molecule has 0 bridgehead atoms. The van der Waals surface area contributed by atoms with E-state index in [1.54, 1.807) is 18.2 Å². The molecule has 0 aliphatic carbocycles. The van der Waals surface area contributed by atoms with Crippen molar-refractivity contribution in [2.75, 3.05) is 13.7 Å². The quantitative estimate of drug-likeness (QED) is 0.151. The molecule has 1 aromatic rings. The summed E-state index contributed by atoms with van der Waals surface area (Å²) in [5, 5.41) is 14.1. The summed E-state index contributed by atoms with van der Waals surface area (Å²) in [4.78, 5) is 24.4. The van der Waals surface area contributed by atoms with E-state index >= 15 is 0 Å². The zero-order valence-electron chi connectivity index (χ0n) is 10.7. The minimum Gasteiger partial charge on any atom is -0.466 e. The van der Waals surface area contributed by atoms with E-state index in [0.29, 0.717) is 5.56 Å². The summed E-state index contributed by atoms with van der Waals surface area (Å²) in [6.07, 6.45) is 1.63. The maximum Gasteiger partial charge on any atom is 0.333 e. The van der Waals surface area contributed by atoms with Crippen LogP contribution in [0, 0.1) is 10.1 Å². The molecule has 0 radical (unpaired) electrons. The number of benzene rings is 1. The van der Waals surface area contributed by atoms with Crippen molar-refractivity contribution in [1.82, 2.24) is 0 Å². The van der Waals surface area contributed by atoms with Gasteiger partial charge in [-0.3, -0.25) is 10.1 Å². The molecule has 0 unspecified atom stereocenters. The Balaban J connectivity index is 3.00. The van der Waals surface area contributed by atoms with Crippen molar-refractivity contribution in [3.8, 4) is 0 Å². The lowest BCUT2D eigenvalue weighted by Gasteiger charge is -2.03. The summed E-state index contributed by atoms with van der Waals surface area (Å²) < 4.78 is 4.55. The fraction of sp³-hybridized carbons (Fsp3) is 0.250. The molecule has 20 heavy (non-hydrogen) atoms. The maximum atomic E-state index is 11.5. The molecule has 0 spiro atoms. The molecular formula is C12H12N4O4. The SMILES string of the molecule is COC(=O)/C(=C/Cc1ccccc1[N+](=O)[O-])CN=[N+]=[N-]. The molecule has 0 aromatic heterocycles. The highest BCUT2D eigenvalue weighted by Gasteiger charge is 2.13. The van der Waals surface area contributed by atoms with Gasteiger partial charge in [0, 0.05) is 22.1 Å². The minimum absolute atomic E-state index is 0.0308. The zero-order valence-corrected chi connectivity index (χ0v) is 10.7. The second-order valence-electron chi connectivity index (χ2n) is 3.70. The Kier molecular flexibility index (Phi) is 5.74. The number of azide groups is 1. The highest BCUT2D eigenvalue weighted by atomic mass is 16.6. The average Bonchev–Trinajstić information content (AvgIpc) is 2.46. The summed E-state index contributed by atoms with van der Waals surface area (Å²) in [6.45, 7) is -0.163. The molecule has 8 heteroatoms. The van der Waals surface area contributed by atoms with E-state index in [-0.39, 0.29) is 24.2 Å². The maximum absolute atomic E-state index is 11.5. The molecule has 0 saturated heterocycles. The zero-order chi connectivity index (χ0) is 15.0. The van der Waals surface area contributed by atoms with E-state index in [0.717, 1.165) is 0 Å². The Bertz CT molecular complexity index is 591. The van der Waals surface area contributed by atoms with Gasteiger partial charge in [-0.05, 0) is 12.0 Å². The van der Waals surface area contributed by atoms with Crippen LogP contribution in [0.3, 0.4) is 0 Å². The number of nitrogens with zero attached hydrogens (tertiary/aromatic N) is 4. The molecule has 0 N–H and O–H groups in total. The predicted octanol–water partition coefficient (Wildman–Crippen LogP) is 2.55. The van der Waals surface area contributed by atoms with Crippen molar-refractivity contribution in [3.63, 3.8) is 0 Å². The lowest BCUT2D eigenvalue weighted by atomic mass is 10.1. The first-order chi connectivity index (χ1) is 9.60. The van der Waals surface area contributed by atoms with Gasteiger partial charge >= 0.3 is 5.97 Å². The van der Waals surface area contributed by atoms with Crippen molar-refractivity contribution in [2.45, 2.75) is 6.42 Å². The summed E-state index contributed by atoms with van der Waals surface area (Å²) in [7, 11) is 1.21. The van der Waals surface area contributed by atoms with Gasteiger partial charge in [-0.15, -0.1) is 0 Å². The predicted molar refractivity (Wildman–Crippen MR) is 70.9 cm³/mol. The van der Waals surface area contributed by atoms with E-state index in [2.05, 4.69) is 14.8 Å². The largest absolute Gasteiger partial charge is 0.466 e. The van der Waals surface area contributed by atoms with Gasteiger partial charge < -0.3 is 4.74 Å². The minimum atomic E-state index is -0.629. The molecule has 0 aliphatic rings. The first-order valence-electron chi connectivity index (χ1n) is 5.60. The fourth-order valence-electron chi connectivity index (χ4n) is 1.55. The Morgan fingerprint density at radius 3 is 2.85 bits per heavy atom. The summed E-state index contributed by atoms with van der Waals surface area (Å²) in [5.74, 6) is -0.629. The molecule has 8 nitrogen and oxygen atoms in total. The van der Waals surface area contributed by atoms with E-state index in [4.69, 9.17) is 5.53 Å². The van der Waals surface area contributed by atoms with Gasteiger partial charge in [0.05, 0.1) is 18.6 Å².